The molecule has 0 amide bonds. The molecule has 0 bridgehead atoms. The van der Waals surface area contributed by atoms with E-state index in [1.54, 1.807) is 0 Å². The average Bonchev–Trinajstić information content (AvgIpc) is 3.09. The van der Waals surface area contributed by atoms with Gasteiger partial charge in [-0.2, -0.15) is 0 Å². The summed E-state index contributed by atoms with van der Waals surface area (Å²) in [5.41, 5.74) is 2.53. The molecule has 1 N–H and O–H groups in total. The lowest BCUT2D eigenvalue weighted by atomic mass is 10.1. The summed E-state index contributed by atoms with van der Waals surface area (Å²) in [6.45, 7) is 6.00. The second kappa shape index (κ2) is 5.35. The SMILES string of the molecule is CCCOc1c(C)cccc1CNC1CC1. The third-order valence-electron chi connectivity index (χ3n) is 2.90. The Bertz CT molecular complexity index is 345. The molecule has 0 spiro atoms. The Hall–Kier alpha value is -1.02. The van der Waals surface area contributed by atoms with E-state index in [4.69, 9.17) is 4.74 Å². The number of ether oxygens (including phenoxy) is 1. The van der Waals surface area contributed by atoms with Crippen LogP contribution < -0.4 is 10.1 Å². The summed E-state index contributed by atoms with van der Waals surface area (Å²) in [4.78, 5) is 0. The molecule has 0 saturated heterocycles. The predicted octanol–water partition coefficient (Wildman–Crippen LogP) is 3.04. The van der Waals surface area contributed by atoms with Gasteiger partial charge in [-0.05, 0) is 31.7 Å². The number of nitrogens with one attached hydrogen (secondary N) is 1. The summed E-state index contributed by atoms with van der Waals surface area (Å²) >= 11 is 0. The Morgan fingerprint density at radius 1 is 1.38 bits per heavy atom. The van der Waals surface area contributed by atoms with E-state index in [0.717, 1.165) is 31.4 Å². The molecule has 0 unspecified atom stereocenters. The molecular formula is C14H21NO. The standard InChI is InChI=1S/C14H21NO/c1-3-9-16-14-11(2)5-4-6-12(14)10-15-13-7-8-13/h4-6,13,15H,3,7-10H2,1-2H3. The fourth-order valence-corrected chi connectivity index (χ4v) is 1.80. The molecule has 0 aliphatic heterocycles. The molecule has 0 atom stereocenters. The molecule has 2 heteroatoms. The highest BCUT2D eigenvalue weighted by molar-refractivity contribution is 5.40. The molecule has 1 aromatic carbocycles. The smallest absolute Gasteiger partial charge is 0.126 e. The van der Waals surface area contributed by atoms with Gasteiger partial charge in [-0.25, -0.2) is 0 Å². The molecule has 2 nitrogen and oxygen atoms in total. The Labute approximate surface area is 98.0 Å². The van der Waals surface area contributed by atoms with E-state index in [9.17, 15) is 0 Å². The number of benzene rings is 1. The third kappa shape index (κ3) is 2.99. The van der Waals surface area contributed by atoms with Crippen molar-refractivity contribution >= 4 is 0 Å². The molecule has 88 valence electrons. The topological polar surface area (TPSA) is 21.3 Å². The first kappa shape index (κ1) is 11.5. The molecule has 0 aromatic heterocycles. The van der Waals surface area contributed by atoms with Crippen molar-refractivity contribution in [2.45, 2.75) is 45.7 Å². The minimum atomic E-state index is 0.750. The van der Waals surface area contributed by atoms with Crippen molar-refractivity contribution in [2.24, 2.45) is 0 Å². The average molecular weight is 219 g/mol. The van der Waals surface area contributed by atoms with E-state index in [2.05, 4.69) is 37.4 Å². The fraction of sp³-hybridized carbons (Fsp3) is 0.571. The minimum absolute atomic E-state index is 0.750. The van der Waals surface area contributed by atoms with Gasteiger partial charge < -0.3 is 10.1 Å². The van der Waals surface area contributed by atoms with Gasteiger partial charge in [-0.1, -0.05) is 25.1 Å². The summed E-state index contributed by atoms with van der Waals surface area (Å²) < 4.78 is 5.83. The molecule has 1 saturated carbocycles. The summed E-state index contributed by atoms with van der Waals surface area (Å²) in [6, 6.07) is 7.14. The highest BCUT2D eigenvalue weighted by Gasteiger charge is 2.20. The van der Waals surface area contributed by atoms with Crippen molar-refractivity contribution < 1.29 is 4.74 Å². The van der Waals surface area contributed by atoms with Crippen LogP contribution in [-0.4, -0.2) is 12.6 Å². The van der Waals surface area contributed by atoms with Crippen LogP contribution in [0.1, 0.15) is 37.3 Å². The van der Waals surface area contributed by atoms with Gasteiger partial charge in [0.05, 0.1) is 6.61 Å². The highest BCUT2D eigenvalue weighted by atomic mass is 16.5. The largest absolute Gasteiger partial charge is 0.493 e. The first-order chi connectivity index (χ1) is 7.81. The van der Waals surface area contributed by atoms with Crippen molar-refractivity contribution in [3.8, 4) is 5.75 Å². The van der Waals surface area contributed by atoms with E-state index in [1.807, 2.05) is 0 Å². The number of para-hydroxylation sites is 1. The number of aryl methyl sites for hydroxylation is 1. The maximum Gasteiger partial charge on any atom is 0.126 e. The molecule has 1 aliphatic rings. The zero-order chi connectivity index (χ0) is 11.4. The number of hydrogen-bond donors (Lipinski definition) is 1. The van der Waals surface area contributed by atoms with Gasteiger partial charge in [0.1, 0.15) is 5.75 Å². The Morgan fingerprint density at radius 3 is 2.88 bits per heavy atom. The second-order valence-corrected chi connectivity index (χ2v) is 4.57. The van der Waals surface area contributed by atoms with Crippen molar-refractivity contribution in [1.29, 1.82) is 0 Å². The van der Waals surface area contributed by atoms with Crippen molar-refractivity contribution in [1.82, 2.24) is 5.32 Å². The van der Waals surface area contributed by atoms with E-state index >= 15 is 0 Å². The second-order valence-electron chi connectivity index (χ2n) is 4.57. The predicted molar refractivity (Wildman–Crippen MR) is 66.8 cm³/mol. The lowest BCUT2D eigenvalue weighted by Crippen LogP contribution is -2.16. The molecule has 2 rings (SSSR count). The van der Waals surface area contributed by atoms with E-state index in [0.29, 0.717) is 0 Å². The fourth-order valence-electron chi connectivity index (χ4n) is 1.80. The van der Waals surface area contributed by atoms with Gasteiger partial charge in [0.15, 0.2) is 0 Å². The quantitative estimate of drug-likeness (QED) is 0.794. The monoisotopic (exact) mass is 219 g/mol. The lowest BCUT2D eigenvalue weighted by Gasteiger charge is -2.14. The van der Waals surface area contributed by atoms with Crippen LogP contribution in [0.2, 0.25) is 0 Å². The summed E-state index contributed by atoms with van der Waals surface area (Å²) in [5.74, 6) is 1.08. The Morgan fingerprint density at radius 2 is 2.19 bits per heavy atom. The van der Waals surface area contributed by atoms with Crippen molar-refractivity contribution in [3.63, 3.8) is 0 Å². The van der Waals surface area contributed by atoms with Crippen LogP contribution in [-0.2, 0) is 6.54 Å². The van der Waals surface area contributed by atoms with Gasteiger partial charge >= 0.3 is 0 Å². The first-order valence-corrected chi connectivity index (χ1v) is 6.26. The zero-order valence-corrected chi connectivity index (χ0v) is 10.3. The van der Waals surface area contributed by atoms with Crippen LogP contribution >= 0.6 is 0 Å². The maximum atomic E-state index is 5.83. The van der Waals surface area contributed by atoms with E-state index < -0.39 is 0 Å². The Kier molecular flexibility index (Phi) is 3.83. The van der Waals surface area contributed by atoms with E-state index in [1.165, 1.54) is 24.0 Å². The van der Waals surface area contributed by atoms with Gasteiger partial charge in [0.25, 0.3) is 0 Å². The maximum absolute atomic E-state index is 5.83. The van der Waals surface area contributed by atoms with Gasteiger partial charge in [0.2, 0.25) is 0 Å². The van der Waals surface area contributed by atoms with Crippen LogP contribution in [0.15, 0.2) is 18.2 Å². The van der Waals surface area contributed by atoms with Crippen LogP contribution in [0.4, 0.5) is 0 Å². The van der Waals surface area contributed by atoms with Crippen molar-refractivity contribution in [3.05, 3.63) is 29.3 Å². The van der Waals surface area contributed by atoms with Crippen LogP contribution in [0.25, 0.3) is 0 Å². The lowest BCUT2D eigenvalue weighted by molar-refractivity contribution is 0.311. The van der Waals surface area contributed by atoms with Gasteiger partial charge in [-0.15, -0.1) is 0 Å². The summed E-state index contributed by atoms with van der Waals surface area (Å²) in [6.07, 6.45) is 3.72. The van der Waals surface area contributed by atoms with E-state index in [-0.39, 0.29) is 0 Å². The summed E-state index contributed by atoms with van der Waals surface area (Å²) in [7, 11) is 0. The highest BCUT2D eigenvalue weighted by Crippen LogP contribution is 2.25. The summed E-state index contributed by atoms with van der Waals surface area (Å²) in [5, 5.41) is 3.54. The molecule has 0 heterocycles. The normalized spacial score (nSPS) is 15.1. The number of rotatable bonds is 6. The van der Waals surface area contributed by atoms with Gasteiger partial charge in [-0.3, -0.25) is 0 Å². The zero-order valence-electron chi connectivity index (χ0n) is 10.3. The molecular weight excluding hydrogens is 198 g/mol. The van der Waals surface area contributed by atoms with Crippen LogP contribution in [0.3, 0.4) is 0 Å². The molecule has 1 fully saturated rings. The van der Waals surface area contributed by atoms with Crippen LogP contribution in [0, 0.1) is 6.92 Å². The van der Waals surface area contributed by atoms with Crippen molar-refractivity contribution in [2.75, 3.05) is 6.61 Å². The van der Waals surface area contributed by atoms with Crippen LogP contribution in [0.5, 0.6) is 5.75 Å². The number of hydrogen-bond acceptors (Lipinski definition) is 2. The molecule has 1 aromatic rings. The molecule has 16 heavy (non-hydrogen) atoms. The molecule has 0 radical (unpaired) electrons. The first-order valence-electron chi connectivity index (χ1n) is 6.26. The minimum Gasteiger partial charge on any atom is -0.493 e. The van der Waals surface area contributed by atoms with Gasteiger partial charge in [0, 0.05) is 18.2 Å². The Balaban J connectivity index is 2.04. The molecule has 1 aliphatic carbocycles. The third-order valence-corrected chi connectivity index (χ3v) is 2.90.